The van der Waals surface area contributed by atoms with Gasteiger partial charge in [0, 0.05) is 31.9 Å². The first kappa shape index (κ1) is 15.7. The van der Waals surface area contributed by atoms with Gasteiger partial charge < -0.3 is 10.6 Å². The zero-order chi connectivity index (χ0) is 14.3. The lowest BCUT2D eigenvalue weighted by Crippen LogP contribution is -2.38. The van der Waals surface area contributed by atoms with Crippen LogP contribution in [0.2, 0.25) is 0 Å². The van der Waals surface area contributed by atoms with E-state index in [0.29, 0.717) is 23.9 Å². The highest BCUT2D eigenvalue weighted by atomic mass is 32.1. The number of aliphatic imine (C=N–C) groups is 1. The Balaban J connectivity index is 2.39. The van der Waals surface area contributed by atoms with Gasteiger partial charge in [-0.1, -0.05) is 6.92 Å². The molecule has 0 fully saturated rings. The molecule has 2 N–H and O–H groups in total. The van der Waals surface area contributed by atoms with Crippen LogP contribution in [0.4, 0.5) is 13.2 Å². The maximum absolute atomic E-state index is 12.3. The van der Waals surface area contributed by atoms with E-state index in [1.807, 2.05) is 6.92 Å². The fourth-order valence-electron chi connectivity index (χ4n) is 1.31. The molecular formula is C11H17F3N4S. The van der Waals surface area contributed by atoms with Crippen molar-refractivity contribution in [1.29, 1.82) is 0 Å². The van der Waals surface area contributed by atoms with Crippen LogP contribution in [0, 0.1) is 0 Å². The summed E-state index contributed by atoms with van der Waals surface area (Å²) < 4.78 is 37.0. The summed E-state index contributed by atoms with van der Waals surface area (Å²) in [5.74, 6) is 0.648. The Morgan fingerprint density at radius 2 is 2.05 bits per heavy atom. The van der Waals surface area contributed by atoms with Crippen LogP contribution in [0.3, 0.4) is 0 Å². The van der Waals surface area contributed by atoms with Gasteiger partial charge in [0.2, 0.25) is 0 Å². The van der Waals surface area contributed by atoms with Crippen molar-refractivity contribution < 1.29 is 13.2 Å². The molecule has 0 aliphatic heterocycles. The molecule has 4 nitrogen and oxygen atoms in total. The van der Waals surface area contributed by atoms with Gasteiger partial charge in [0.05, 0.1) is 5.01 Å². The van der Waals surface area contributed by atoms with Crippen molar-refractivity contribution in [2.24, 2.45) is 4.99 Å². The maximum Gasteiger partial charge on any atom is 0.434 e. The van der Waals surface area contributed by atoms with Crippen molar-refractivity contribution in [1.82, 2.24) is 15.6 Å². The standard InChI is InChI=1S/C11H17F3N4S/c1-3-5-16-10(15-2)17-6-4-9-18-8(7-19-9)11(12,13)14/h7H,3-6H2,1-2H3,(H2,15,16,17). The number of nitrogens with one attached hydrogen (secondary N) is 2. The number of thiazole rings is 1. The highest BCUT2D eigenvalue weighted by Gasteiger charge is 2.33. The Morgan fingerprint density at radius 3 is 2.58 bits per heavy atom. The third-order valence-electron chi connectivity index (χ3n) is 2.24. The summed E-state index contributed by atoms with van der Waals surface area (Å²) >= 11 is 1.02. The molecule has 108 valence electrons. The maximum atomic E-state index is 12.3. The average molecular weight is 294 g/mol. The minimum atomic E-state index is -4.36. The summed E-state index contributed by atoms with van der Waals surface area (Å²) in [7, 11) is 1.65. The second-order valence-electron chi connectivity index (χ2n) is 3.80. The molecule has 1 rings (SSSR count). The normalized spacial score (nSPS) is 12.6. The van der Waals surface area contributed by atoms with Gasteiger partial charge in [-0.05, 0) is 6.42 Å². The summed E-state index contributed by atoms with van der Waals surface area (Å²) in [4.78, 5) is 7.56. The van der Waals surface area contributed by atoms with E-state index in [1.54, 1.807) is 7.05 Å². The Morgan fingerprint density at radius 1 is 1.37 bits per heavy atom. The van der Waals surface area contributed by atoms with Crippen LogP contribution in [0.25, 0.3) is 0 Å². The largest absolute Gasteiger partial charge is 0.434 e. The van der Waals surface area contributed by atoms with Crippen molar-refractivity contribution in [2.45, 2.75) is 25.9 Å². The Kier molecular flexibility index (Phi) is 6.07. The minimum absolute atomic E-state index is 0.438. The monoisotopic (exact) mass is 294 g/mol. The summed E-state index contributed by atoms with van der Waals surface area (Å²) in [5, 5.41) is 7.61. The zero-order valence-electron chi connectivity index (χ0n) is 10.8. The molecule has 0 atom stereocenters. The van der Waals surface area contributed by atoms with Crippen LogP contribution in [0.5, 0.6) is 0 Å². The summed E-state index contributed by atoms with van der Waals surface area (Å²) in [5.41, 5.74) is -0.819. The van der Waals surface area contributed by atoms with Crippen LogP contribution >= 0.6 is 11.3 Å². The summed E-state index contributed by atoms with van der Waals surface area (Å²) in [6.45, 7) is 3.33. The van der Waals surface area contributed by atoms with Gasteiger partial charge in [-0.3, -0.25) is 4.99 Å². The van der Waals surface area contributed by atoms with Crippen molar-refractivity contribution in [2.75, 3.05) is 20.1 Å². The van der Waals surface area contributed by atoms with E-state index < -0.39 is 11.9 Å². The molecule has 0 bridgehead atoms. The van der Waals surface area contributed by atoms with Crippen molar-refractivity contribution in [3.05, 3.63) is 16.1 Å². The molecule has 1 heterocycles. The number of rotatable bonds is 5. The molecule has 0 aromatic carbocycles. The SMILES string of the molecule is CCCNC(=NC)NCCc1nc(C(F)(F)F)cs1. The Bertz CT molecular complexity index is 414. The molecule has 0 aliphatic rings. The number of guanidine groups is 1. The van der Waals surface area contributed by atoms with Gasteiger partial charge >= 0.3 is 6.18 Å². The number of nitrogens with zero attached hydrogens (tertiary/aromatic N) is 2. The minimum Gasteiger partial charge on any atom is -0.356 e. The lowest BCUT2D eigenvalue weighted by atomic mass is 10.4. The molecular weight excluding hydrogens is 277 g/mol. The molecule has 0 aliphatic carbocycles. The third kappa shape index (κ3) is 5.46. The first-order valence-electron chi connectivity index (χ1n) is 5.93. The van der Waals surface area contributed by atoms with E-state index >= 15 is 0 Å². The number of hydrogen-bond donors (Lipinski definition) is 2. The molecule has 0 unspecified atom stereocenters. The van der Waals surface area contributed by atoms with Crippen molar-refractivity contribution >= 4 is 17.3 Å². The molecule has 0 amide bonds. The van der Waals surface area contributed by atoms with Gasteiger partial charge in [-0.15, -0.1) is 11.3 Å². The van der Waals surface area contributed by atoms with Gasteiger partial charge in [0.15, 0.2) is 11.7 Å². The average Bonchev–Trinajstić information content (AvgIpc) is 2.82. The van der Waals surface area contributed by atoms with E-state index in [1.165, 1.54) is 0 Å². The molecule has 0 saturated carbocycles. The van der Waals surface area contributed by atoms with E-state index in [9.17, 15) is 13.2 Å². The molecule has 1 aromatic heterocycles. The van der Waals surface area contributed by atoms with E-state index in [4.69, 9.17) is 0 Å². The quantitative estimate of drug-likeness (QED) is 0.647. The van der Waals surface area contributed by atoms with Crippen molar-refractivity contribution in [3.8, 4) is 0 Å². The molecule has 19 heavy (non-hydrogen) atoms. The predicted molar refractivity (Wildman–Crippen MR) is 70.5 cm³/mol. The van der Waals surface area contributed by atoms with E-state index in [2.05, 4.69) is 20.6 Å². The Labute approximate surface area is 114 Å². The first-order valence-corrected chi connectivity index (χ1v) is 6.81. The smallest absolute Gasteiger partial charge is 0.356 e. The summed E-state index contributed by atoms with van der Waals surface area (Å²) in [6, 6.07) is 0. The van der Waals surface area contributed by atoms with Gasteiger partial charge in [-0.2, -0.15) is 13.2 Å². The number of alkyl halides is 3. The molecule has 1 aromatic rings. The van der Waals surface area contributed by atoms with E-state index in [-0.39, 0.29) is 0 Å². The van der Waals surface area contributed by atoms with Crippen molar-refractivity contribution in [3.63, 3.8) is 0 Å². The molecule has 8 heteroatoms. The molecule has 0 radical (unpaired) electrons. The van der Waals surface area contributed by atoms with Crippen LogP contribution in [0.15, 0.2) is 10.4 Å². The van der Waals surface area contributed by atoms with Gasteiger partial charge in [-0.25, -0.2) is 4.98 Å². The predicted octanol–water partition coefficient (Wildman–Crippen LogP) is 2.28. The number of hydrogen-bond acceptors (Lipinski definition) is 3. The van der Waals surface area contributed by atoms with Crippen LogP contribution in [0.1, 0.15) is 24.0 Å². The summed E-state index contributed by atoms with van der Waals surface area (Å²) in [6.07, 6.45) is -2.95. The molecule has 0 spiro atoms. The third-order valence-corrected chi connectivity index (χ3v) is 3.15. The van der Waals surface area contributed by atoms with Crippen LogP contribution in [-0.4, -0.2) is 31.1 Å². The van der Waals surface area contributed by atoms with Crippen LogP contribution < -0.4 is 10.6 Å². The second kappa shape index (κ2) is 7.32. The lowest BCUT2D eigenvalue weighted by molar-refractivity contribution is -0.140. The first-order chi connectivity index (χ1) is 8.97. The zero-order valence-corrected chi connectivity index (χ0v) is 11.7. The Hall–Kier alpha value is -1.31. The fraction of sp³-hybridized carbons (Fsp3) is 0.636. The lowest BCUT2D eigenvalue weighted by Gasteiger charge is -2.10. The highest BCUT2D eigenvalue weighted by molar-refractivity contribution is 7.09. The number of halogens is 3. The van der Waals surface area contributed by atoms with Gasteiger partial charge in [0.1, 0.15) is 0 Å². The fourth-order valence-corrected chi connectivity index (χ4v) is 2.11. The van der Waals surface area contributed by atoms with Gasteiger partial charge in [0.25, 0.3) is 0 Å². The van der Waals surface area contributed by atoms with Crippen LogP contribution in [-0.2, 0) is 12.6 Å². The topological polar surface area (TPSA) is 49.3 Å². The highest BCUT2D eigenvalue weighted by Crippen LogP contribution is 2.29. The van der Waals surface area contributed by atoms with E-state index in [0.717, 1.165) is 29.7 Å². The molecule has 0 saturated heterocycles. The second-order valence-corrected chi connectivity index (χ2v) is 4.74. The number of aromatic nitrogens is 1.